The summed E-state index contributed by atoms with van der Waals surface area (Å²) in [5, 5.41) is 11.4. The van der Waals surface area contributed by atoms with Gasteiger partial charge in [-0.15, -0.1) is 0 Å². The van der Waals surface area contributed by atoms with E-state index in [1.54, 1.807) is 45.4 Å². The number of anilines is 6. The second-order valence-corrected chi connectivity index (χ2v) is 25.6. The SMILES string of the molecule is Cn1c(=O)n([C@H]2CC[C@H](OCCn3c(=O)n(C4CCCC(C5CC5n5c(=O)n(C6CCOCC6)c6nc(Nc7cc8c(cc7Cl)OCC8)ncc65)C4)c4nc(Nc5cc6c(cc5Cl)OCC6)ncc43)CC2)c2nc(Nc3cc4c(cc3Cl)OCC4)ncc21. The Balaban J connectivity index is 0.645. The molecule has 3 N–H and O–H groups in total. The Hall–Kier alpha value is -7.70. The molecule has 7 aliphatic rings. The van der Waals surface area contributed by atoms with E-state index in [2.05, 4.69) is 20.9 Å². The number of hydrogen-bond donors (Lipinski definition) is 3. The second-order valence-electron chi connectivity index (χ2n) is 24.4. The first kappa shape index (κ1) is 55.6. The number of hydrogen-bond acceptors (Lipinski definition) is 17. The minimum atomic E-state index is -0.176. The number of rotatable bonds is 15. The average Bonchev–Trinajstić information content (AvgIpc) is 1.64. The van der Waals surface area contributed by atoms with Gasteiger partial charge >= 0.3 is 17.1 Å². The summed E-state index contributed by atoms with van der Waals surface area (Å²) in [5.41, 5.74) is 8.34. The number of benzene rings is 3. The Labute approximate surface area is 518 Å². The fraction of sp³-hybridized carbons (Fsp3) is 0.468. The van der Waals surface area contributed by atoms with E-state index in [0.29, 0.717) is 155 Å². The zero-order valence-corrected chi connectivity index (χ0v) is 50.6. The third kappa shape index (κ3) is 9.91. The van der Waals surface area contributed by atoms with Crippen LogP contribution in [0.15, 0.2) is 69.4 Å². The van der Waals surface area contributed by atoms with Gasteiger partial charge < -0.3 is 39.6 Å². The summed E-state index contributed by atoms with van der Waals surface area (Å²) >= 11 is 20.2. The van der Waals surface area contributed by atoms with Gasteiger partial charge in [0.1, 0.15) is 33.8 Å². The monoisotopic (exact) mass is 1250 g/mol. The average molecular weight is 1250 g/mol. The zero-order chi connectivity index (χ0) is 59.5. The van der Waals surface area contributed by atoms with Crippen molar-refractivity contribution < 1.29 is 23.7 Å². The molecule has 26 heteroatoms. The van der Waals surface area contributed by atoms with Crippen LogP contribution in [0.3, 0.4) is 0 Å². The van der Waals surface area contributed by atoms with Crippen LogP contribution in [0.1, 0.15) is 111 Å². The Morgan fingerprint density at radius 2 is 1.03 bits per heavy atom. The fourth-order valence-electron chi connectivity index (χ4n) is 14.7. The Bertz CT molecular complexity index is 4470. The maximum Gasteiger partial charge on any atom is 0.330 e. The molecule has 4 atom stereocenters. The third-order valence-electron chi connectivity index (χ3n) is 19.3. The smallest absolute Gasteiger partial charge is 0.330 e. The van der Waals surface area contributed by atoms with Gasteiger partial charge in [-0.3, -0.25) is 27.4 Å². The Kier molecular flexibility index (Phi) is 14.2. The van der Waals surface area contributed by atoms with Crippen molar-refractivity contribution in [3.8, 4) is 17.2 Å². The van der Waals surface area contributed by atoms with Crippen LogP contribution in [0, 0.1) is 11.8 Å². The molecule has 6 aromatic heterocycles. The van der Waals surface area contributed by atoms with Crippen molar-refractivity contribution in [3.63, 3.8) is 0 Å². The van der Waals surface area contributed by atoms with E-state index in [-0.39, 0.29) is 72.3 Å². The molecule has 4 aliphatic heterocycles. The normalized spacial score (nSPS) is 22.4. The molecule has 0 radical (unpaired) electrons. The molecule has 1 saturated heterocycles. The van der Waals surface area contributed by atoms with E-state index in [0.717, 1.165) is 85.3 Å². The first-order chi connectivity index (χ1) is 43.0. The predicted octanol–water partition coefficient (Wildman–Crippen LogP) is 10.5. The predicted molar refractivity (Wildman–Crippen MR) is 333 cm³/mol. The molecule has 88 heavy (non-hydrogen) atoms. The standard InChI is InChI=1S/C62H64Cl3N15O8/c1-75-48-29-66-57(69-44-22-33-9-17-86-51(33)26-41(44)63)72-54(48)77(60(75)81)36-5-7-39(8-6-36)85-20-14-76-49-30-67-58(70-45-23-34-10-18-87-52(34)27-42(45)64)73-55(49)79(61(76)82)38-4-2-3-32(21-38)40-25-47(40)80-50-31-68-59(71-46-24-35-11-19-88-53(35)28-43(46)65)74-56(50)78(62(80)83)37-12-15-84-16-13-37/h22-24,26-32,36-40,47H,2-21,25H2,1H3,(H,66,69,72)(H,67,70,73)(H,68,71,74)/t32?,36-,38?,39-,40?,47?. The molecule has 0 spiro atoms. The summed E-state index contributed by atoms with van der Waals surface area (Å²) in [7, 11) is 1.74. The van der Waals surface area contributed by atoms with Crippen molar-refractivity contribution in [2.75, 3.05) is 55.6 Å². The number of fused-ring (bicyclic) bond motifs is 6. The molecular formula is C62H64Cl3N15O8. The van der Waals surface area contributed by atoms with E-state index in [1.165, 1.54) is 0 Å². The molecule has 10 heterocycles. The summed E-state index contributed by atoms with van der Waals surface area (Å²) in [6.45, 7) is 3.49. The molecule has 4 fully saturated rings. The quantitative estimate of drug-likeness (QED) is 0.0864. The molecule has 3 saturated carbocycles. The number of aromatic nitrogens is 12. The molecule has 0 amide bonds. The highest BCUT2D eigenvalue weighted by Gasteiger charge is 2.48. The van der Waals surface area contributed by atoms with Crippen molar-refractivity contribution >= 4 is 103 Å². The summed E-state index contributed by atoms with van der Waals surface area (Å²) in [4.78, 5) is 73.1. The maximum atomic E-state index is 15.2. The molecule has 456 valence electrons. The number of nitrogens with one attached hydrogen (secondary N) is 3. The van der Waals surface area contributed by atoms with Gasteiger partial charge in [0.15, 0.2) is 16.9 Å². The van der Waals surface area contributed by atoms with Gasteiger partial charge in [-0.05, 0) is 111 Å². The molecule has 4 unspecified atom stereocenters. The van der Waals surface area contributed by atoms with E-state index in [9.17, 15) is 9.59 Å². The molecule has 16 rings (SSSR count). The van der Waals surface area contributed by atoms with Gasteiger partial charge in [-0.25, -0.2) is 29.3 Å². The van der Waals surface area contributed by atoms with Gasteiger partial charge in [0.05, 0.1) is 89.8 Å². The van der Waals surface area contributed by atoms with Gasteiger partial charge in [-0.2, -0.15) is 15.0 Å². The molecule has 23 nitrogen and oxygen atoms in total. The topological polar surface area (TPSA) is 240 Å². The van der Waals surface area contributed by atoms with E-state index >= 15 is 4.79 Å². The van der Waals surface area contributed by atoms with Gasteiger partial charge in [-0.1, -0.05) is 41.2 Å². The maximum absolute atomic E-state index is 15.2. The lowest BCUT2D eigenvalue weighted by atomic mass is 9.82. The molecule has 0 bridgehead atoms. The Morgan fingerprint density at radius 1 is 0.534 bits per heavy atom. The van der Waals surface area contributed by atoms with E-state index in [1.807, 2.05) is 44.0 Å². The highest BCUT2D eigenvalue weighted by Crippen LogP contribution is 2.54. The van der Waals surface area contributed by atoms with Crippen molar-refractivity contribution in [1.29, 1.82) is 0 Å². The van der Waals surface area contributed by atoms with Crippen molar-refractivity contribution in [1.82, 2.24) is 57.3 Å². The van der Waals surface area contributed by atoms with Crippen LogP contribution >= 0.6 is 34.8 Å². The second kappa shape index (κ2) is 22.4. The summed E-state index contributed by atoms with van der Waals surface area (Å²) in [6.07, 6.45) is 15.8. The van der Waals surface area contributed by atoms with Crippen LogP contribution in [0.25, 0.3) is 33.5 Å². The van der Waals surface area contributed by atoms with Gasteiger partial charge in [0, 0.05) is 81.9 Å². The first-order valence-electron chi connectivity index (χ1n) is 30.7. The molecule has 3 aliphatic carbocycles. The van der Waals surface area contributed by atoms with Gasteiger partial charge in [0.25, 0.3) is 0 Å². The number of ether oxygens (including phenoxy) is 5. The van der Waals surface area contributed by atoms with Crippen LogP contribution in [0.4, 0.5) is 34.9 Å². The molecule has 3 aromatic carbocycles. The summed E-state index contributed by atoms with van der Waals surface area (Å²) in [5.74, 6) is 3.76. The lowest BCUT2D eigenvalue weighted by molar-refractivity contribution is 0.0154. The largest absolute Gasteiger partial charge is 0.493 e. The fourth-order valence-corrected chi connectivity index (χ4v) is 15.3. The number of nitrogens with zero attached hydrogens (tertiary/aromatic N) is 12. The van der Waals surface area contributed by atoms with Crippen LogP contribution < -0.4 is 47.2 Å². The number of aryl methyl sites for hydroxylation is 1. The molecular weight excluding hydrogens is 1190 g/mol. The van der Waals surface area contributed by atoms with Crippen molar-refractivity contribution in [2.24, 2.45) is 18.9 Å². The minimum Gasteiger partial charge on any atom is -0.493 e. The number of imidazole rings is 3. The summed E-state index contributed by atoms with van der Waals surface area (Å²) in [6, 6.07) is 10.9. The zero-order valence-electron chi connectivity index (χ0n) is 48.4. The van der Waals surface area contributed by atoms with Crippen molar-refractivity contribution in [3.05, 3.63) is 118 Å². The highest BCUT2D eigenvalue weighted by atomic mass is 35.5. The number of halogens is 3. The minimum absolute atomic E-state index is 0.0617. The van der Waals surface area contributed by atoms with E-state index in [4.69, 9.17) is 83.4 Å². The van der Waals surface area contributed by atoms with Crippen LogP contribution in [-0.2, 0) is 42.3 Å². The first-order valence-corrected chi connectivity index (χ1v) is 31.9. The Morgan fingerprint density at radius 3 is 1.61 bits per heavy atom. The van der Waals surface area contributed by atoms with Gasteiger partial charge in [0.2, 0.25) is 17.8 Å². The summed E-state index contributed by atoms with van der Waals surface area (Å²) < 4.78 is 40.4. The van der Waals surface area contributed by atoms with Crippen LogP contribution in [0.5, 0.6) is 17.2 Å². The third-order valence-corrected chi connectivity index (χ3v) is 20.2. The van der Waals surface area contributed by atoms with E-state index < -0.39 is 0 Å². The highest BCUT2D eigenvalue weighted by molar-refractivity contribution is 6.34. The van der Waals surface area contributed by atoms with Crippen molar-refractivity contribution in [2.45, 2.75) is 127 Å². The lowest BCUT2D eigenvalue weighted by Crippen LogP contribution is -2.33. The lowest BCUT2D eigenvalue weighted by Gasteiger charge is -2.30. The van der Waals surface area contributed by atoms with Crippen LogP contribution in [-0.4, -0.2) is 103 Å². The van der Waals surface area contributed by atoms with Crippen LogP contribution in [0.2, 0.25) is 15.1 Å². The molecule has 9 aromatic rings.